The third kappa shape index (κ3) is 10.3. The van der Waals surface area contributed by atoms with Crippen LogP contribution in [-0.4, -0.2) is 79.5 Å². The number of pyridine rings is 1. The van der Waals surface area contributed by atoms with Crippen molar-refractivity contribution in [1.82, 2.24) is 4.98 Å². The quantitative estimate of drug-likeness (QED) is 0.211. The van der Waals surface area contributed by atoms with Gasteiger partial charge in [0.1, 0.15) is 24.7 Å². The Morgan fingerprint density at radius 1 is 0.879 bits per heavy atom. The van der Waals surface area contributed by atoms with Crippen LogP contribution in [0.15, 0.2) is 36.4 Å². The van der Waals surface area contributed by atoms with Gasteiger partial charge in [-0.2, -0.15) is 8.42 Å². The number of nitrogens with zero attached hydrogens (tertiary/aromatic N) is 1. The second-order valence-electron chi connectivity index (χ2n) is 6.78. The van der Waals surface area contributed by atoms with Crippen LogP contribution in [0.5, 0.6) is 5.75 Å². The second kappa shape index (κ2) is 13.9. The maximum Gasteiger partial charge on any atom is 0.356 e. The van der Waals surface area contributed by atoms with Crippen molar-refractivity contribution in [2.24, 2.45) is 0 Å². The van der Waals surface area contributed by atoms with Gasteiger partial charge < -0.3 is 23.7 Å². The predicted octanol–water partition coefficient (Wildman–Crippen LogP) is 2.07. The Balaban J connectivity index is 1.94. The van der Waals surface area contributed by atoms with E-state index in [9.17, 15) is 13.2 Å². The fourth-order valence-corrected chi connectivity index (χ4v) is 2.97. The van der Waals surface area contributed by atoms with Crippen LogP contribution in [0.3, 0.4) is 0 Å². The third-order valence-corrected chi connectivity index (χ3v) is 4.73. The van der Waals surface area contributed by atoms with Gasteiger partial charge in [0, 0.05) is 7.11 Å². The molecule has 0 aliphatic heterocycles. The van der Waals surface area contributed by atoms with Crippen molar-refractivity contribution in [3.63, 3.8) is 0 Å². The number of carbonyl (C=O) groups excluding carboxylic acids is 1. The Kier molecular flexibility index (Phi) is 11.2. The van der Waals surface area contributed by atoms with Crippen molar-refractivity contribution in [2.45, 2.75) is 6.61 Å². The highest BCUT2D eigenvalue weighted by atomic mass is 32.2. The molecule has 0 bridgehead atoms. The maximum absolute atomic E-state index is 12.0. The number of aromatic nitrogens is 1. The number of hydrogen-bond donors (Lipinski definition) is 0. The topological polar surface area (TPSA) is 119 Å². The van der Waals surface area contributed by atoms with E-state index in [4.69, 9.17) is 27.9 Å². The van der Waals surface area contributed by atoms with E-state index in [0.717, 1.165) is 11.8 Å². The summed E-state index contributed by atoms with van der Waals surface area (Å²) >= 11 is 0. The number of ether oxygens (including phenoxy) is 5. The average molecular weight is 484 g/mol. The van der Waals surface area contributed by atoms with Crippen LogP contribution in [-0.2, 0) is 39.9 Å². The molecule has 2 rings (SSSR count). The minimum Gasteiger partial charge on any atom is -0.491 e. The van der Waals surface area contributed by atoms with Gasteiger partial charge >= 0.3 is 5.97 Å². The number of carbonyl (C=O) groups is 1. The van der Waals surface area contributed by atoms with E-state index < -0.39 is 16.1 Å². The van der Waals surface area contributed by atoms with E-state index in [1.54, 1.807) is 31.4 Å². The van der Waals surface area contributed by atoms with E-state index in [-0.39, 0.29) is 18.0 Å². The van der Waals surface area contributed by atoms with Crippen molar-refractivity contribution < 1.29 is 41.1 Å². The molecule has 0 N–H and O–H groups in total. The first kappa shape index (κ1) is 26.7. The summed E-state index contributed by atoms with van der Waals surface area (Å²) in [5.74, 6) is 0.0167. The van der Waals surface area contributed by atoms with Gasteiger partial charge in [-0.15, -0.1) is 0 Å². The van der Waals surface area contributed by atoms with E-state index in [1.165, 1.54) is 7.11 Å². The van der Waals surface area contributed by atoms with Gasteiger partial charge in [-0.3, -0.25) is 4.18 Å². The first-order chi connectivity index (χ1) is 15.8. The highest BCUT2D eigenvalue weighted by Crippen LogP contribution is 2.24. The summed E-state index contributed by atoms with van der Waals surface area (Å²) in [6.07, 6.45) is 0.943. The zero-order valence-electron chi connectivity index (χ0n) is 18.9. The van der Waals surface area contributed by atoms with Crippen molar-refractivity contribution in [3.05, 3.63) is 47.8 Å². The first-order valence-electron chi connectivity index (χ1n) is 10.1. The molecular weight excluding hydrogens is 454 g/mol. The molecule has 0 fully saturated rings. The predicted molar refractivity (Wildman–Crippen MR) is 120 cm³/mol. The molecule has 182 valence electrons. The molecule has 33 heavy (non-hydrogen) atoms. The van der Waals surface area contributed by atoms with E-state index >= 15 is 0 Å². The zero-order chi connectivity index (χ0) is 24.1. The number of methoxy groups -OCH3 is 2. The van der Waals surface area contributed by atoms with Gasteiger partial charge in [-0.1, -0.05) is 12.1 Å². The van der Waals surface area contributed by atoms with Crippen LogP contribution in [0, 0.1) is 0 Å². The average Bonchev–Trinajstić information content (AvgIpc) is 2.81. The molecule has 0 aliphatic rings. The lowest BCUT2D eigenvalue weighted by Gasteiger charge is -2.10. The molecule has 0 aliphatic carbocycles. The Labute approximate surface area is 193 Å². The largest absolute Gasteiger partial charge is 0.491 e. The molecule has 2 aromatic rings. The fourth-order valence-electron chi connectivity index (χ4n) is 2.63. The Bertz CT molecular complexity index is 978. The second-order valence-corrected chi connectivity index (χ2v) is 8.42. The monoisotopic (exact) mass is 483 g/mol. The smallest absolute Gasteiger partial charge is 0.356 e. The molecule has 0 saturated carbocycles. The lowest BCUT2D eigenvalue weighted by Crippen LogP contribution is -2.12. The zero-order valence-corrected chi connectivity index (χ0v) is 19.8. The molecule has 11 heteroatoms. The number of esters is 1. The van der Waals surface area contributed by atoms with E-state index in [0.29, 0.717) is 51.0 Å². The van der Waals surface area contributed by atoms with Crippen molar-refractivity contribution >= 4 is 16.1 Å². The Hall–Kier alpha value is -2.57. The number of hydrogen-bond acceptors (Lipinski definition) is 10. The van der Waals surface area contributed by atoms with Crippen molar-refractivity contribution in [3.8, 4) is 16.9 Å². The molecule has 1 heterocycles. The normalized spacial score (nSPS) is 11.4. The lowest BCUT2D eigenvalue weighted by atomic mass is 10.0. The summed E-state index contributed by atoms with van der Waals surface area (Å²) < 4.78 is 53.4. The Morgan fingerprint density at radius 2 is 1.52 bits per heavy atom. The van der Waals surface area contributed by atoms with Gasteiger partial charge in [-0.05, 0) is 35.4 Å². The van der Waals surface area contributed by atoms with Gasteiger partial charge in [0.2, 0.25) is 0 Å². The summed E-state index contributed by atoms with van der Waals surface area (Å²) in [7, 11) is -0.796. The van der Waals surface area contributed by atoms with Crippen LogP contribution in [0.25, 0.3) is 11.1 Å². The van der Waals surface area contributed by atoms with Crippen LogP contribution in [0.1, 0.15) is 16.2 Å². The molecule has 0 spiro atoms. The molecule has 0 radical (unpaired) electrons. The Morgan fingerprint density at radius 3 is 2.12 bits per heavy atom. The molecular formula is C22H29NO9S. The highest BCUT2D eigenvalue weighted by molar-refractivity contribution is 7.85. The van der Waals surface area contributed by atoms with Crippen LogP contribution >= 0.6 is 0 Å². The summed E-state index contributed by atoms with van der Waals surface area (Å²) in [6, 6.07) is 10.4. The van der Waals surface area contributed by atoms with Gasteiger partial charge in [0.05, 0.1) is 52.1 Å². The third-order valence-electron chi connectivity index (χ3n) is 4.18. The van der Waals surface area contributed by atoms with Crippen LogP contribution in [0.4, 0.5) is 0 Å². The maximum atomic E-state index is 12.0. The molecule has 0 unspecified atom stereocenters. The lowest BCUT2D eigenvalue weighted by molar-refractivity contribution is 0.0180. The molecule has 10 nitrogen and oxygen atoms in total. The summed E-state index contributed by atoms with van der Waals surface area (Å²) in [4.78, 5) is 16.1. The minimum atomic E-state index is -3.66. The SMILES string of the molecule is COCCOCCOCCOc1ccc(-c2cc(COS(C)(=O)=O)nc(C(=O)OC)c2)cc1. The van der Waals surface area contributed by atoms with Gasteiger partial charge in [0.25, 0.3) is 10.1 Å². The van der Waals surface area contributed by atoms with E-state index in [2.05, 4.69) is 4.98 Å². The number of rotatable bonds is 15. The summed E-state index contributed by atoms with van der Waals surface area (Å²) in [5, 5.41) is 0. The first-order valence-corrected chi connectivity index (χ1v) is 12.0. The van der Waals surface area contributed by atoms with Gasteiger partial charge in [-0.25, -0.2) is 9.78 Å². The molecule has 0 saturated heterocycles. The summed E-state index contributed by atoms with van der Waals surface area (Å²) in [5.41, 5.74) is 1.76. The standard InChI is InChI=1S/C22H29NO9S/c1-27-8-9-29-10-11-30-12-13-31-20-6-4-17(5-7-20)18-14-19(16-32-33(3,25)26)23-21(15-18)22(24)28-2/h4-7,14-15H,8-13,16H2,1-3H3. The van der Waals surface area contributed by atoms with E-state index in [1.807, 2.05) is 12.1 Å². The van der Waals surface area contributed by atoms with Crippen molar-refractivity contribution in [2.75, 3.05) is 60.1 Å². The fraction of sp³-hybridized carbons (Fsp3) is 0.455. The minimum absolute atomic E-state index is 0.0470. The number of benzene rings is 1. The molecule has 0 amide bonds. The molecule has 1 aromatic carbocycles. The highest BCUT2D eigenvalue weighted by Gasteiger charge is 2.14. The van der Waals surface area contributed by atoms with Crippen LogP contribution < -0.4 is 4.74 Å². The van der Waals surface area contributed by atoms with Crippen molar-refractivity contribution in [1.29, 1.82) is 0 Å². The molecule has 1 aromatic heterocycles. The molecule has 0 atom stereocenters. The summed E-state index contributed by atoms with van der Waals surface area (Å²) in [6.45, 7) is 2.57. The van der Waals surface area contributed by atoms with Crippen LogP contribution in [0.2, 0.25) is 0 Å². The van der Waals surface area contributed by atoms with Gasteiger partial charge in [0.15, 0.2) is 0 Å².